The summed E-state index contributed by atoms with van der Waals surface area (Å²) in [5, 5.41) is 0. The van der Waals surface area contributed by atoms with Crippen LogP contribution in [0.2, 0.25) is 0 Å². The molecule has 2 atom stereocenters. The molecule has 33 heavy (non-hydrogen) atoms. The van der Waals surface area contributed by atoms with Crippen LogP contribution in [0.25, 0.3) is 0 Å². The van der Waals surface area contributed by atoms with E-state index in [9.17, 15) is 14.0 Å². The highest BCUT2D eigenvalue weighted by atomic mass is 19.1. The lowest BCUT2D eigenvalue weighted by Gasteiger charge is -2.39. The van der Waals surface area contributed by atoms with Crippen LogP contribution in [0.3, 0.4) is 0 Å². The first-order chi connectivity index (χ1) is 16.0. The van der Waals surface area contributed by atoms with Gasteiger partial charge in [-0.2, -0.15) is 9.37 Å². The highest BCUT2D eigenvalue weighted by molar-refractivity contribution is 6.11. The van der Waals surface area contributed by atoms with Crippen molar-refractivity contribution < 1.29 is 14.0 Å². The molecule has 2 aromatic heterocycles. The Balaban J connectivity index is 1.50. The van der Waals surface area contributed by atoms with Crippen LogP contribution >= 0.6 is 0 Å². The molecular formula is C24H21FN6O2. The van der Waals surface area contributed by atoms with E-state index in [0.717, 1.165) is 18.4 Å². The van der Waals surface area contributed by atoms with Crippen molar-refractivity contribution in [3.05, 3.63) is 71.4 Å². The molecule has 1 fully saturated rings. The molecule has 8 nitrogen and oxygen atoms in total. The summed E-state index contributed by atoms with van der Waals surface area (Å²) in [6.45, 7) is 1.88. The topological polar surface area (TPSA) is 82.5 Å². The minimum Gasteiger partial charge on any atom is -0.340 e. The van der Waals surface area contributed by atoms with E-state index in [2.05, 4.69) is 9.97 Å². The van der Waals surface area contributed by atoms with Crippen molar-refractivity contribution in [3.63, 3.8) is 0 Å². The standard InChI is InChI=1S/C24H21FN6O2/c1-13-22(32)29(2)18-12-27-24(28-21(18)30(13)15-8-9-15)31-20(14-7-10-19(25)26-11-14)16-5-3-4-6-17(16)23(31)33/h3-7,10-13,15,20H,8-9H2,1-2H3. The summed E-state index contributed by atoms with van der Waals surface area (Å²) in [5.74, 6) is 0.0632. The lowest BCUT2D eigenvalue weighted by molar-refractivity contribution is -0.119. The Morgan fingerprint density at radius 2 is 1.82 bits per heavy atom. The smallest absolute Gasteiger partial charge is 0.261 e. The van der Waals surface area contributed by atoms with Gasteiger partial charge in [-0.3, -0.25) is 14.5 Å². The van der Waals surface area contributed by atoms with Crippen LogP contribution in [0.1, 0.15) is 47.3 Å². The van der Waals surface area contributed by atoms with Crippen molar-refractivity contribution in [2.75, 3.05) is 21.7 Å². The molecule has 3 aliphatic rings. The maximum absolute atomic E-state index is 13.5. The zero-order valence-electron chi connectivity index (χ0n) is 18.1. The molecular weight excluding hydrogens is 423 g/mol. The summed E-state index contributed by atoms with van der Waals surface area (Å²) in [4.78, 5) is 44.5. The molecule has 2 amide bonds. The predicted molar refractivity (Wildman–Crippen MR) is 120 cm³/mol. The fourth-order valence-electron chi connectivity index (χ4n) is 4.84. The molecule has 9 heteroatoms. The number of hydrogen-bond acceptors (Lipinski definition) is 6. The van der Waals surface area contributed by atoms with Crippen LogP contribution in [0.15, 0.2) is 48.8 Å². The molecule has 2 aliphatic heterocycles. The fraction of sp³-hybridized carbons (Fsp3) is 0.292. The van der Waals surface area contributed by atoms with Crippen molar-refractivity contribution in [1.82, 2.24) is 15.0 Å². The third-order valence-electron chi connectivity index (χ3n) is 6.63. The third-order valence-corrected chi connectivity index (χ3v) is 6.63. The Morgan fingerprint density at radius 1 is 1.03 bits per heavy atom. The number of halogens is 1. The quantitative estimate of drug-likeness (QED) is 0.578. The SMILES string of the molecule is CC1C(=O)N(C)c2cnc(N3C(=O)c4ccccc4C3c3ccc(F)nc3)nc2N1C1CC1. The van der Waals surface area contributed by atoms with Gasteiger partial charge in [0, 0.05) is 24.8 Å². The highest BCUT2D eigenvalue weighted by Gasteiger charge is 2.45. The van der Waals surface area contributed by atoms with E-state index >= 15 is 0 Å². The van der Waals surface area contributed by atoms with Crippen molar-refractivity contribution in [2.45, 2.75) is 37.9 Å². The lowest BCUT2D eigenvalue weighted by Crippen LogP contribution is -2.52. The van der Waals surface area contributed by atoms with Gasteiger partial charge >= 0.3 is 0 Å². The molecule has 0 spiro atoms. The lowest BCUT2D eigenvalue weighted by atomic mass is 9.99. The van der Waals surface area contributed by atoms with Crippen LogP contribution in [0.4, 0.5) is 21.8 Å². The molecule has 1 aromatic carbocycles. The molecule has 4 heterocycles. The summed E-state index contributed by atoms with van der Waals surface area (Å²) in [5.41, 5.74) is 2.62. The van der Waals surface area contributed by atoms with Gasteiger partial charge in [0.2, 0.25) is 17.8 Å². The van der Waals surface area contributed by atoms with Crippen LogP contribution in [-0.4, -0.2) is 45.9 Å². The third kappa shape index (κ3) is 2.92. The van der Waals surface area contributed by atoms with Crippen LogP contribution < -0.4 is 14.7 Å². The molecule has 0 bridgehead atoms. The van der Waals surface area contributed by atoms with E-state index in [1.165, 1.54) is 17.2 Å². The summed E-state index contributed by atoms with van der Waals surface area (Å²) in [6, 6.07) is 9.60. The van der Waals surface area contributed by atoms with E-state index in [-0.39, 0.29) is 29.8 Å². The maximum atomic E-state index is 13.5. The summed E-state index contributed by atoms with van der Waals surface area (Å²) < 4.78 is 13.5. The number of carbonyl (C=O) groups is 2. The molecule has 1 aliphatic carbocycles. The number of fused-ring (bicyclic) bond motifs is 2. The second-order valence-electron chi connectivity index (χ2n) is 8.67. The molecule has 6 rings (SSSR count). The first-order valence-corrected chi connectivity index (χ1v) is 10.9. The fourth-order valence-corrected chi connectivity index (χ4v) is 4.84. The number of hydrogen-bond donors (Lipinski definition) is 0. The predicted octanol–water partition coefficient (Wildman–Crippen LogP) is 3.09. The number of amides is 2. The van der Waals surface area contributed by atoms with Gasteiger partial charge < -0.3 is 9.80 Å². The average Bonchev–Trinajstić information content (AvgIpc) is 3.62. The van der Waals surface area contributed by atoms with E-state index in [1.807, 2.05) is 30.0 Å². The number of carbonyl (C=O) groups excluding carboxylic acids is 2. The van der Waals surface area contributed by atoms with Gasteiger partial charge in [-0.25, -0.2) is 9.97 Å². The molecule has 3 aromatic rings. The zero-order valence-corrected chi connectivity index (χ0v) is 18.1. The monoisotopic (exact) mass is 444 g/mol. The van der Waals surface area contributed by atoms with E-state index < -0.39 is 12.0 Å². The number of nitrogens with zero attached hydrogens (tertiary/aromatic N) is 6. The minimum absolute atomic E-state index is 0.00864. The second-order valence-corrected chi connectivity index (χ2v) is 8.67. The summed E-state index contributed by atoms with van der Waals surface area (Å²) >= 11 is 0. The Morgan fingerprint density at radius 3 is 2.55 bits per heavy atom. The van der Waals surface area contributed by atoms with Gasteiger partial charge in [0.05, 0.1) is 12.2 Å². The molecule has 1 saturated carbocycles. The number of likely N-dealkylation sites (N-methyl/N-ethyl adjacent to an activating group) is 1. The van der Waals surface area contributed by atoms with Crippen molar-refractivity contribution in [2.24, 2.45) is 0 Å². The molecule has 0 N–H and O–H groups in total. The molecule has 2 unspecified atom stereocenters. The van der Waals surface area contributed by atoms with Crippen molar-refractivity contribution in [1.29, 1.82) is 0 Å². The number of aromatic nitrogens is 3. The molecule has 0 radical (unpaired) electrons. The molecule has 166 valence electrons. The van der Waals surface area contributed by atoms with Gasteiger partial charge in [0.1, 0.15) is 11.7 Å². The molecule has 0 saturated heterocycles. The van der Waals surface area contributed by atoms with E-state index in [0.29, 0.717) is 22.6 Å². The van der Waals surface area contributed by atoms with Gasteiger partial charge in [-0.05, 0) is 43.0 Å². The number of anilines is 3. The summed E-state index contributed by atoms with van der Waals surface area (Å²) in [7, 11) is 1.72. The van der Waals surface area contributed by atoms with Gasteiger partial charge in [0.15, 0.2) is 5.82 Å². The summed E-state index contributed by atoms with van der Waals surface area (Å²) in [6.07, 6.45) is 5.04. The Kier molecular flexibility index (Phi) is 4.23. The van der Waals surface area contributed by atoms with Crippen molar-refractivity contribution >= 4 is 29.3 Å². The number of benzene rings is 1. The zero-order chi connectivity index (χ0) is 22.9. The maximum Gasteiger partial charge on any atom is 0.261 e. The first kappa shape index (κ1) is 19.8. The second kappa shape index (κ2) is 7.06. The van der Waals surface area contributed by atoms with Gasteiger partial charge in [0.25, 0.3) is 5.91 Å². The average molecular weight is 444 g/mol. The van der Waals surface area contributed by atoms with E-state index in [4.69, 9.17) is 4.98 Å². The Bertz CT molecular complexity index is 1290. The van der Waals surface area contributed by atoms with Crippen molar-refractivity contribution in [3.8, 4) is 0 Å². The van der Waals surface area contributed by atoms with Crippen LogP contribution in [-0.2, 0) is 4.79 Å². The Hall–Kier alpha value is -3.88. The normalized spacial score (nSPS) is 22.0. The largest absolute Gasteiger partial charge is 0.340 e. The van der Waals surface area contributed by atoms with Gasteiger partial charge in [-0.1, -0.05) is 24.3 Å². The Labute approximate surface area is 189 Å². The first-order valence-electron chi connectivity index (χ1n) is 10.9. The number of rotatable bonds is 3. The number of pyridine rings is 1. The van der Waals surface area contributed by atoms with E-state index in [1.54, 1.807) is 30.3 Å². The minimum atomic E-state index is -0.588. The van der Waals surface area contributed by atoms with Crippen LogP contribution in [0, 0.1) is 5.95 Å². The van der Waals surface area contributed by atoms with Gasteiger partial charge in [-0.15, -0.1) is 0 Å². The van der Waals surface area contributed by atoms with Crippen LogP contribution in [0.5, 0.6) is 0 Å². The highest BCUT2D eigenvalue weighted by Crippen LogP contribution is 2.44.